The van der Waals surface area contributed by atoms with Crippen LogP contribution in [-0.4, -0.2) is 41.8 Å². The van der Waals surface area contributed by atoms with Crippen LogP contribution in [0.15, 0.2) is 54.9 Å². The van der Waals surface area contributed by atoms with E-state index in [-0.39, 0.29) is 5.56 Å². The summed E-state index contributed by atoms with van der Waals surface area (Å²) in [6.45, 7) is 1.93. The average Bonchev–Trinajstić information content (AvgIpc) is 2.87. The molecule has 0 bridgehead atoms. The lowest BCUT2D eigenvalue weighted by Gasteiger charge is -2.23. The van der Waals surface area contributed by atoms with E-state index in [1.807, 2.05) is 12.1 Å². The van der Waals surface area contributed by atoms with Crippen LogP contribution in [0.4, 0.5) is 14.6 Å². The van der Waals surface area contributed by atoms with Gasteiger partial charge in [0.2, 0.25) is 0 Å². The van der Waals surface area contributed by atoms with E-state index in [4.69, 9.17) is 14.5 Å². The lowest BCUT2D eigenvalue weighted by Crippen LogP contribution is -2.21. The number of hydrogen-bond donors (Lipinski definition) is 1. The summed E-state index contributed by atoms with van der Waals surface area (Å²) in [7, 11) is 1.77. The number of ether oxygens (including phenoxy) is 2. The van der Waals surface area contributed by atoms with Crippen LogP contribution in [0.5, 0.6) is 5.75 Å². The normalized spacial score (nSPS) is 14.3. The summed E-state index contributed by atoms with van der Waals surface area (Å²) < 4.78 is 39.9. The number of anilines is 1. The van der Waals surface area contributed by atoms with Crippen molar-refractivity contribution in [1.29, 1.82) is 0 Å². The Kier molecular flexibility index (Phi) is 6.31. The molecule has 1 aliphatic rings. The summed E-state index contributed by atoms with van der Waals surface area (Å²) in [5.41, 5.74) is 2.21. The third kappa shape index (κ3) is 4.54. The van der Waals surface area contributed by atoms with Gasteiger partial charge in [-0.25, -0.2) is 18.7 Å². The Bertz CT molecular complexity index is 1310. The third-order valence-electron chi connectivity index (χ3n) is 5.98. The van der Waals surface area contributed by atoms with Gasteiger partial charge in [-0.3, -0.25) is 4.98 Å². The summed E-state index contributed by atoms with van der Waals surface area (Å²) in [5, 5.41) is 3.80. The van der Waals surface area contributed by atoms with Crippen molar-refractivity contribution < 1.29 is 18.3 Å². The Morgan fingerprint density at radius 1 is 1.06 bits per heavy atom. The number of nitrogens with zero attached hydrogens (tertiary/aromatic N) is 3. The van der Waals surface area contributed by atoms with E-state index in [2.05, 4.69) is 15.3 Å². The molecule has 2 aromatic carbocycles. The molecule has 4 aromatic rings. The maximum Gasteiger partial charge on any atom is 0.163 e. The van der Waals surface area contributed by atoms with Crippen LogP contribution in [0, 0.1) is 17.6 Å². The minimum atomic E-state index is -0.645. The standard InChI is InChI=1S/C26H24F2N4O2/c1-29-26-21-11-18(20-5-4-19(27)13-22(20)28)12-23(34-15-16-6-9-33-10-7-16)24(21)31-25(32-26)17-3-2-8-30-14-17/h2-5,8,11-14,16H,6-7,9-10,15H2,1H3,(H,29,31,32). The number of pyridine rings is 1. The zero-order valence-electron chi connectivity index (χ0n) is 18.7. The van der Waals surface area contributed by atoms with Crippen molar-refractivity contribution in [2.24, 2.45) is 5.92 Å². The van der Waals surface area contributed by atoms with Crippen LogP contribution in [0.3, 0.4) is 0 Å². The summed E-state index contributed by atoms with van der Waals surface area (Å²) in [6.07, 6.45) is 5.23. The van der Waals surface area contributed by atoms with Crippen molar-refractivity contribution in [1.82, 2.24) is 15.0 Å². The van der Waals surface area contributed by atoms with E-state index in [1.165, 1.54) is 12.1 Å². The van der Waals surface area contributed by atoms with Crippen molar-refractivity contribution in [3.8, 4) is 28.3 Å². The van der Waals surface area contributed by atoms with E-state index in [0.29, 0.717) is 59.6 Å². The van der Waals surface area contributed by atoms with Gasteiger partial charge in [0, 0.05) is 55.2 Å². The van der Waals surface area contributed by atoms with E-state index in [9.17, 15) is 8.78 Å². The van der Waals surface area contributed by atoms with E-state index >= 15 is 0 Å². The minimum absolute atomic E-state index is 0.276. The Labute approximate surface area is 196 Å². The largest absolute Gasteiger partial charge is 0.491 e. The molecule has 174 valence electrons. The molecule has 5 rings (SSSR count). The molecule has 0 amide bonds. The lowest BCUT2D eigenvalue weighted by molar-refractivity contribution is 0.0500. The number of nitrogens with one attached hydrogen (secondary N) is 1. The molecule has 0 spiro atoms. The first-order valence-electron chi connectivity index (χ1n) is 11.2. The van der Waals surface area contributed by atoms with Crippen molar-refractivity contribution >= 4 is 16.7 Å². The number of fused-ring (bicyclic) bond motifs is 1. The van der Waals surface area contributed by atoms with Gasteiger partial charge >= 0.3 is 0 Å². The van der Waals surface area contributed by atoms with Gasteiger partial charge < -0.3 is 14.8 Å². The molecular formula is C26H24F2N4O2. The molecule has 0 atom stereocenters. The molecule has 1 saturated heterocycles. The van der Waals surface area contributed by atoms with E-state index in [0.717, 1.165) is 24.5 Å². The van der Waals surface area contributed by atoms with Gasteiger partial charge in [-0.1, -0.05) is 0 Å². The fraction of sp³-hybridized carbons (Fsp3) is 0.269. The van der Waals surface area contributed by atoms with Crippen molar-refractivity contribution in [3.05, 3.63) is 66.5 Å². The van der Waals surface area contributed by atoms with Crippen molar-refractivity contribution in [2.45, 2.75) is 12.8 Å². The van der Waals surface area contributed by atoms with Crippen molar-refractivity contribution in [2.75, 3.05) is 32.2 Å². The molecule has 0 radical (unpaired) electrons. The van der Waals surface area contributed by atoms with Crippen LogP contribution >= 0.6 is 0 Å². The molecule has 1 fully saturated rings. The number of halogens is 2. The first kappa shape index (κ1) is 22.2. The fourth-order valence-corrected chi connectivity index (χ4v) is 4.13. The Hall–Kier alpha value is -3.65. The van der Waals surface area contributed by atoms with Crippen LogP contribution < -0.4 is 10.1 Å². The maximum atomic E-state index is 14.7. The van der Waals surface area contributed by atoms with Gasteiger partial charge in [-0.15, -0.1) is 0 Å². The number of rotatable bonds is 6. The Balaban J connectivity index is 1.66. The second-order valence-electron chi connectivity index (χ2n) is 8.25. The highest BCUT2D eigenvalue weighted by atomic mass is 19.1. The molecule has 8 heteroatoms. The van der Waals surface area contributed by atoms with Crippen LogP contribution in [0.1, 0.15) is 12.8 Å². The molecule has 1 N–H and O–H groups in total. The van der Waals surface area contributed by atoms with E-state index in [1.54, 1.807) is 31.6 Å². The molecule has 3 heterocycles. The SMILES string of the molecule is CNc1nc(-c2cccnc2)nc2c(OCC3CCOCC3)cc(-c3ccc(F)cc3F)cc12. The number of hydrogen-bond acceptors (Lipinski definition) is 6. The van der Waals surface area contributed by atoms with Gasteiger partial charge in [0.15, 0.2) is 5.82 Å². The Morgan fingerprint density at radius 2 is 1.91 bits per heavy atom. The quantitative estimate of drug-likeness (QED) is 0.409. The lowest BCUT2D eigenvalue weighted by atomic mass is 10.0. The smallest absolute Gasteiger partial charge is 0.163 e. The summed E-state index contributed by atoms with van der Waals surface area (Å²) in [5.74, 6) is 0.683. The first-order valence-corrected chi connectivity index (χ1v) is 11.2. The maximum absolute atomic E-state index is 14.7. The molecule has 0 unspecified atom stereocenters. The molecule has 2 aromatic heterocycles. The number of benzene rings is 2. The van der Waals surface area contributed by atoms with Gasteiger partial charge in [0.05, 0.1) is 6.61 Å². The zero-order chi connectivity index (χ0) is 23.5. The monoisotopic (exact) mass is 462 g/mol. The minimum Gasteiger partial charge on any atom is -0.491 e. The van der Waals surface area contributed by atoms with Gasteiger partial charge in [-0.05, 0) is 60.7 Å². The van der Waals surface area contributed by atoms with Crippen LogP contribution in [-0.2, 0) is 4.74 Å². The predicted molar refractivity (Wildman–Crippen MR) is 127 cm³/mol. The molecule has 1 aliphatic heterocycles. The highest BCUT2D eigenvalue weighted by molar-refractivity contribution is 5.97. The Morgan fingerprint density at radius 3 is 2.65 bits per heavy atom. The molecular weight excluding hydrogens is 438 g/mol. The first-order chi connectivity index (χ1) is 16.6. The highest BCUT2D eigenvalue weighted by Gasteiger charge is 2.19. The average molecular weight is 463 g/mol. The molecule has 0 aliphatic carbocycles. The summed E-state index contributed by atoms with van der Waals surface area (Å²) >= 11 is 0. The number of aromatic nitrogens is 3. The summed E-state index contributed by atoms with van der Waals surface area (Å²) in [4.78, 5) is 13.6. The van der Waals surface area contributed by atoms with Crippen LogP contribution in [0.2, 0.25) is 0 Å². The zero-order valence-corrected chi connectivity index (χ0v) is 18.7. The van der Waals surface area contributed by atoms with Crippen molar-refractivity contribution in [3.63, 3.8) is 0 Å². The fourth-order valence-electron chi connectivity index (χ4n) is 4.13. The molecule has 6 nitrogen and oxygen atoms in total. The second-order valence-corrected chi connectivity index (χ2v) is 8.25. The van der Waals surface area contributed by atoms with Gasteiger partial charge in [0.25, 0.3) is 0 Å². The third-order valence-corrected chi connectivity index (χ3v) is 5.98. The van der Waals surface area contributed by atoms with Gasteiger partial charge in [0.1, 0.15) is 28.7 Å². The van der Waals surface area contributed by atoms with Crippen LogP contribution in [0.25, 0.3) is 33.4 Å². The highest BCUT2D eigenvalue weighted by Crippen LogP contribution is 2.37. The molecule has 0 saturated carbocycles. The topological polar surface area (TPSA) is 69.2 Å². The van der Waals surface area contributed by atoms with E-state index < -0.39 is 11.6 Å². The second kappa shape index (κ2) is 9.69. The van der Waals surface area contributed by atoms with Gasteiger partial charge in [-0.2, -0.15) is 0 Å². The summed E-state index contributed by atoms with van der Waals surface area (Å²) in [6, 6.07) is 10.8. The molecule has 34 heavy (non-hydrogen) atoms. The predicted octanol–water partition coefficient (Wildman–Crippen LogP) is 5.48.